The van der Waals surface area contributed by atoms with Crippen LogP contribution in [0.1, 0.15) is 12.0 Å². The zero-order valence-electron chi connectivity index (χ0n) is 12.3. The Bertz CT molecular complexity index is 450. The second-order valence-corrected chi connectivity index (χ2v) is 6.38. The van der Waals surface area contributed by atoms with Crippen molar-refractivity contribution in [2.24, 2.45) is 0 Å². The van der Waals surface area contributed by atoms with Gasteiger partial charge in [-0.05, 0) is 31.2 Å². The van der Waals surface area contributed by atoms with E-state index in [2.05, 4.69) is 22.3 Å². The van der Waals surface area contributed by atoms with Crippen LogP contribution in [0.2, 0.25) is 0 Å². The number of hydrogen-bond acceptors (Lipinski definition) is 4. The lowest BCUT2D eigenvalue weighted by Gasteiger charge is -2.16. The monoisotopic (exact) mass is 294 g/mol. The predicted molar refractivity (Wildman–Crippen MR) is 83.2 cm³/mol. The molecule has 1 aromatic rings. The number of likely N-dealkylation sites (N-methyl/N-ethyl adjacent to an activating group) is 2. The van der Waals surface area contributed by atoms with Crippen molar-refractivity contribution in [3.8, 4) is 5.75 Å². The molecule has 1 amide bonds. The molecule has 1 N–H and O–H groups in total. The minimum absolute atomic E-state index is 0.0216. The molecule has 1 fully saturated rings. The lowest BCUT2D eigenvalue weighted by Crippen LogP contribution is -2.39. The van der Waals surface area contributed by atoms with Gasteiger partial charge < -0.3 is 10.1 Å². The van der Waals surface area contributed by atoms with Gasteiger partial charge in [-0.15, -0.1) is 0 Å². The molecule has 5 heteroatoms. The number of carbonyl (C=O) groups excluding carboxylic acids is 1. The minimum atomic E-state index is 0.0216. The first-order valence-corrected chi connectivity index (χ1v) is 7.85. The lowest BCUT2D eigenvalue weighted by molar-refractivity contribution is -0.124. The standard InChI is InChI=1S/C15H22N2O2S/c1-16-15(18)14-8-13(9-17(14)2)20-10-11-4-6-12(19-3)7-5-11/h4-7,13-14H,8-10H2,1-3H3,(H,16,18)/t13-,14-/m0/s1. The van der Waals surface area contributed by atoms with Crippen molar-refractivity contribution in [2.45, 2.75) is 23.5 Å². The Morgan fingerprint density at radius 1 is 1.45 bits per heavy atom. The molecule has 1 aliphatic rings. The highest BCUT2D eigenvalue weighted by molar-refractivity contribution is 7.99. The molecule has 0 spiro atoms. The van der Waals surface area contributed by atoms with E-state index in [1.807, 2.05) is 30.9 Å². The summed E-state index contributed by atoms with van der Waals surface area (Å²) in [7, 11) is 5.40. The summed E-state index contributed by atoms with van der Waals surface area (Å²) in [4.78, 5) is 13.9. The van der Waals surface area contributed by atoms with Crippen LogP contribution in [0, 0.1) is 0 Å². The second-order valence-electron chi connectivity index (χ2n) is 5.09. The summed E-state index contributed by atoms with van der Waals surface area (Å²) >= 11 is 1.92. The summed E-state index contributed by atoms with van der Waals surface area (Å²) in [6, 6.07) is 8.20. The maximum atomic E-state index is 11.7. The Labute approximate surface area is 124 Å². The first-order chi connectivity index (χ1) is 9.63. The van der Waals surface area contributed by atoms with E-state index < -0.39 is 0 Å². The van der Waals surface area contributed by atoms with E-state index in [0.29, 0.717) is 5.25 Å². The molecule has 1 heterocycles. The average molecular weight is 294 g/mol. The van der Waals surface area contributed by atoms with E-state index in [-0.39, 0.29) is 11.9 Å². The first-order valence-electron chi connectivity index (χ1n) is 6.80. The van der Waals surface area contributed by atoms with E-state index in [1.165, 1.54) is 5.56 Å². The zero-order valence-corrected chi connectivity index (χ0v) is 13.1. The van der Waals surface area contributed by atoms with Gasteiger partial charge in [0.1, 0.15) is 5.75 Å². The van der Waals surface area contributed by atoms with Crippen molar-refractivity contribution in [1.82, 2.24) is 10.2 Å². The topological polar surface area (TPSA) is 41.6 Å². The molecule has 2 atom stereocenters. The summed E-state index contributed by atoms with van der Waals surface area (Å²) in [5.74, 6) is 1.99. The molecule has 110 valence electrons. The van der Waals surface area contributed by atoms with E-state index in [4.69, 9.17) is 4.74 Å². The Morgan fingerprint density at radius 2 is 2.15 bits per heavy atom. The zero-order chi connectivity index (χ0) is 14.5. The van der Waals surface area contributed by atoms with Crippen LogP contribution < -0.4 is 10.1 Å². The fourth-order valence-corrected chi connectivity index (χ4v) is 3.76. The van der Waals surface area contributed by atoms with Crippen LogP contribution in [0.25, 0.3) is 0 Å². The van der Waals surface area contributed by atoms with Gasteiger partial charge in [-0.1, -0.05) is 12.1 Å². The Morgan fingerprint density at radius 3 is 2.75 bits per heavy atom. The maximum absolute atomic E-state index is 11.7. The van der Waals surface area contributed by atoms with Crippen molar-refractivity contribution in [1.29, 1.82) is 0 Å². The first kappa shape index (κ1) is 15.2. The van der Waals surface area contributed by atoms with E-state index >= 15 is 0 Å². The molecule has 20 heavy (non-hydrogen) atoms. The predicted octanol–water partition coefficient (Wildman–Crippen LogP) is 1.75. The van der Waals surface area contributed by atoms with Gasteiger partial charge in [0.15, 0.2) is 0 Å². The third-order valence-electron chi connectivity index (χ3n) is 3.70. The number of likely N-dealkylation sites (tertiary alicyclic amines) is 1. The third-order valence-corrected chi connectivity index (χ3v) is 5.02. The third kappa shape index (κ3) is 3.67. The van der Waals surface area contributed by atoms with Crippen molar-refractivity contribution >= 4 is 17.7 Å². The maximum Gasteiger partial charge on any atom is 0.237 e. The molecule has 1 aromatic carbocycles. The van der Waals surface area contributed by atoms with Gasteiger partial charge in [-0.2, -0.15) is 11.8 Å². The van der Waals surface area contributed by atoms with E-state index in [1.54, 1.807) is 14.2 Å². The molecular weight excluding hydrogens is 272 g/mol. The normalized spacial score (nSPS) is 22.8. The van der Waals surface area contributed by atoms with Gasteiger partial charge in [0, 0.05) is 24.6 Å². The molecule has 0 bridgehead atoms. The molecular formula is C15H22N2O2S. The van der Waals surface area contributed by atoms with E-state index in [0.717, 1.165) is 24.5 Å². The van der Waals surface area contributed by atoms with Gasteiger partial charge in [-0.25, -0.2) is 0 Å². The van der Waals surface area contributed by atoms with Crippen LogP contribution in [0.3, 0.4) is 0 Å². The van der Waals surface area contributed by atoms with Gasteiger partial charge in [0.2, 0.25) is 5.91 Å². The van der Waals surface area contributed by atoms with Crippen molar-refractivity contribution < 1.29 is 9.53 Å². The molecule has 0 radical (unpaired) electrons. The molecule has 2 rings (SSSR count). The van der Waals surface area contributed by atoms with Crippen LogP contribution in [0.5, 0.6) is 5.75 Å². The van der Waals surface area contributed by atoms with Crippen molar-refractivity contribution in [3.63, 3.8) is 0 Å². The summed E-state index contributed by atoms with van der Waals surface area (Å²) in [6.07, 6.45) is 0.928. The van der Waals surface area contributed by atoms with Gasteiger partial charge in [0.05, 0.1) is 13.2 Å². The second kappa shape index (κ2) is 6.99. The minimum Gasteiger partial charge on any atom is -0.497 e. The Balaban J connectivity index is 1.84. The smallest absolute Gasteiger partial charge is 0.237 e. The average Bonchev–Trinajstić information content (AvgIpc) is 2.86. The van der Waals surface area contributed by atoms with Gasteiger partial charge >= 0.3 is 0 Å². The molecule has 0 aliphatic carbocycles. The number of thioether (sulfide) groups is 1. The highest BCUT2D eigenvalue weighted by atomic mass is 32.2. The molecule has 4 nitrogen and oxygen atoms in total. The molecule has 1 aliphatic heterocycles. The number of hydrogen-bond donors (Lipinski definition) is 1. The molecule has 0 saturated carbocycles. The number of benzene rings is 1. The summed E-state index contributed by atoms with van der Waals surface area (Å²) < 4.78 is 5.16. The Hall–Kier alpha value is -1.20. The van der Waals surface area contributed by atoms with Crippen molar-refractivity contribution in [2.75, 3.05) is 27.7 Å². The van der Waals surface area contributed by atoms with Gasteiger partial charge in [-0.3, -0.25) is 9.69 Å². The van der Waals surface area contributed by atoms with Gasteiger partial charge in [0.25, 0.3) is 0 Å². The van der Waals surface area contributed by atoms with Crippen LogP contribution in [0.4, 0.5) is 0 Å². The number of methoxy groups -OCH3 is 1. The number of amides is 1. The summed E-state index contributed by atoms with van der Waals surface area (Å²) in [5, 5.41) is 3.26. The SMILES string of the molecule is CNC(=O)[C@@H]1C[C@H](SCc2ccc(OC)cc2)CN1C. The fraction of sp³-hybridized carbons (Fsp3) is 0.533. The highest BCUT2D eigenvalue weighted by Gasteiger charge is 2.33. The summed E-state index contributed by atoms with van der Waals surface area (Å²) in [5.41, 5.74) is 1.29. The largest absolute Gasteiger partial charge is 0.497 e. The van der Waals surface area contributed by atoms with Crippen LogP contribution >= 0.6 is 11.8 Å². The number of rotatable bonds is 5. The van der Waals surface area contributed by atoms with Crippen LogP contribution in [0.15, 0.2) is 24.3 Å². The van der Waals surface area contributed by atoms with Crippen LogP contribution in [-0.4, -0.2) is 49.8 Å². The highest BCUT2D eigenvalue weighted by Crippen LogP contribution is 2.29. The van der Waals surface area contributed by atoms with E-state index in [9.17, 15) is 4.79 Å². The lowest BCUT2D eigenvalue weighted by atomic mass is 10.2. The Kier molecular flexibility index (Phi) is 5.31. The van der Waals surface area contributed by atoms with Crippen molar-refractivity contribution in [3.05, 3.63) is 29.8 Å². The van der Waals surface area contributed by atoms with Crippen LogP contribution in [-0.2, 0) is 10.5 Å². The molecule has 0 unspecified atom stereocenters. The number of nitrogens with zero attached hydrogens (tertiary/aromatic N) is 1. The molecule has 1 saturated heterocycles. The quantitative estimate of drug-likeness (QED) is 0.898. The fourth-order valence-electron chi connectivity index (χ4n) is 2.48. The summed E-state index contributed by atoms with van der Waals surface area (Å²) in [6.45, 7) is 0.971. The number of nitrogens with one attached hydrogen (secondary N) is 1. The molecule has 0 aromatic heterocycles. The number of ether oxygens (including phenoxy) is 1. The number of carbonyl (C=O) groups is 1.